The minimum absolute atomic E-state index is 0.0779. The molecule has 27 heavy (non-hydrogen) atoms. The van der Waals surface area contributed by atoms with Gasteiger partial charge in [-0.3, -0.25) is 0 Å². The van der Waals surface area contributed by atoms with Crippen LogP contribution >= 0.6 is 0 Å². The number of nitrogens with two attached hydrogens (primary N) is 1. The minimum atomic E-state index is -0.633. The highest BCUT2D eigenvalue weighted by molar-refractivity contribution is 5.88. The number of anilines is 3. The summed E-state index contributed by atoms with van der Waals surface area (Å²) in [5.74, 6) is -0.420. The summed E-state index contributed by atoms with van der Waals surface area (Å²) in [6, 6.07) is 16.4. The maximum Gasteiger partial charge on any atom is 0.248 e. The van der Waals surface area contributed by atoms with Crippen LogP contribution in [0.5, 0.6) is 11.6 Å². The molecule has 0 unspecified atom stereocenters. The Bertz CT molecular complexity index is 1130. The molecule has 0 bridgehead atoms. The fraction of sp³-hybridized carbons (Fsp3) is 0. The van der Waals surface area contributed by atoms with Crippen molar-refractivity contribution in [1.29, 1.82) is 0 Å². The van der Waals surface area contributed by atoms with E-state index >= 15 is 0 Å². The summed E-state index contributed by atoms with van der Waals surface area (Å²) in [6.07, 6.45) is 1.23. The Balaban J connectivity index is 1.69. The Morgan fingerprint density at radius 3 is 2.63 bits per heavy atom. The standard InChI is InChI=1S/C20H14F2N4O/c21-13-8-9-15(22)16(10-13)26-19-18(23)20(25-11-24-19)27-17-7-3-5-12-4-1-2-6-14(12)17/h1-11H,23H2,(H,24,25,26). The van der Waals surface area contributed by atoms with Crippen LogP contribution in [0.15, 0.2) is 67.0 Å². The number of nitrogen functional groups attached to an aromatic ring is 1. The lowest BCUT2D eigenvalue weighted by Crippen LogP contribution is -2.04. The van der Waals surface area contributed by atoms with Crippen LogP contribution in [0, 0.1) is 11.6 Å². The van der Waals surface area contributed by atoms with Crippen molar-refractivity contribution in [2.75, 3.05) is 11.1 Å². The van der Waals surface area contributed by atoms with E-state index in [-0.39, 0.29) is 23.1 Å². The van der Waals surface area contributed by atoms with Crippen molar-refractivity contribution in [2.24, 2.45) is 0 Å². The predicted molar refractivity (Wildman–Crippen MR) is 100 cm³/mol. The number of nitrogens with one attached hydrogen (secondary N) is 1. The Labute approximate surface area is 153 Å². The van der Waals surface area contributed by atoms with Gasteiger partial charge in [-0.05, 0) is 23.6 Å². The molecule has 0 saturated heterocycles. The van der Waals surface area contributed by atoms with Gasteiger partial charge in [0.2, 0.25) is 5.88 Å². The van der Waals surface area contributed by atoms with Gasteiger partial charge in [-0.25, -0.2) is 13.8 Å². The topological polar surface area (TPSA) is 73.1 Å². The molecule has 0 spiro atoms. The number of benzene rings is 3. The number of ether oxygens (including phenoxy) is 1. The Morgan fingerprint density at radius 1 is 0.926 bits per heavy atom. The van der Waals surface area contributed by atoms with Crippen LogP contribution in [0.3, 0.4) is 0 Å². The van der Waals surface area contributed by atoms with E-state index in [1.54, 1.807) is 6.07 Å². The SMILES string of the molecule is Nc1c(Nc2cc(F)ccc2F)ncnc1Oc1cccc2ccccc12. The molecular weight excluding hydrogens is 350 g/mol. The van der Waals surface area contributed by atoms with E-state index in [4.69, 9.17) is 10.5 Å². The van der Waals surface area contributed by atoms with Gasteiger partial charge in [0, 0.05) is 11.5 Å². The summed E-state index contributed by atoms with van der Waals surface area (Å²) >= 11 is 0. The van der Waals surface area contributed by atoms with Crippen molar-refractivity contribution >= 4 is 28.0 Å². The molecule has 134 valence electrons. The number of halogens is 2. The highest BCUT2D eigenvalue weighted by Crippen LogP contribution is 2.34. The number of aromatic nitrogens is 2. The summed E-state index contributed by atoms with van der Waals surface area (Å²) in [4.78, 5) is 8.05. The minimum Gasteiger partial charge on any atom is -0.436 e. The number of hydrogen-bond donors (Lipinski definition) is 2. The molecule has 0 saturated carbocycles. The second kappa shape index (κ2) is 6.87. The lowest BCUT2D eigenvalue weighted by Gasteiger charge is -2.13. The van der Waals surface area contributed by atoms with Crippen LogP contribution in [0.4, 0.5) is 26.0 Å². The first kappa shape index (κ1) is 16.7. The number of fused-ring (bicyclic) bond motifs is 1. The van der Waals surface area contributed by atoms with Gasteiger partial charge in [-0.1, -0.05) is 36.4 Å². The zero-order valence-electron chi connectivity index (χ0n) is 14.0. The van der Waals surface area contributed by atoms with Gasteiger partial charge >= 0.3 is 0 Å². The third kappa shape index (κ3) is 3.35. The zero-order chi connectivity index (χ0) is 18.8. The normalized spacial score (nSPS) is 10.7. The van der Waals surface area contributed by atoms with Gasteiger partial charge in [-0.15, -0.1) is 0 Å². The predicted octanol–water partition coefficient (Wildman–Crippen LogP) is 5.03. The second-order valence-corrected chi connectivity index (χ2v) is 5.77. The smallest absolute Gasteiger partial charge is 0.248 e. The first-order chi connectivity index (χ1) is 13.1. The fourth-order valence-electron chi connectivity index (χ4n) is 2.67. The molecule has 0 fully saturated rings. The summed E-state index contributed by atoms with van der Waals surface area (Å²) in [5.41, 5.74) is 6.07. The first-order valence-corrected chi connectivity index (χ1v) is 8.10. The Morgan fingerprint density at radius 2 is 1.74 bits per heavy atom. The van der Waals surface area contributed by atoms with Crippen LogP contribution in [-0.4, -0.2) is 9.97 Å². The number of hydrogen-bond acceptors (Lipinski definition) is 5. The molecule has 4 rings (SSSR count). The van der Waals surface area contributed by atoms with Crippen LogP contribution < -0.4 is 15.8 Å². The van der Waals surface area contributed by atoms with E-state index in [2.05, 4.69) is 15.3 Å². The molecule has 0 amide bonds. The molecule has 0 aliphatic carbocycles. The van der Waals surface area contributed by atoms with Crippen LogP contribution in [0.25, 0.3) is 10.8 Å². The van der Waals surface area contributed by atoms with Gasteiger partial charge in [0.25, 0.3) is 0 Å². The van der Waals surface area contributed by atoms with Gasteiger partial charge in [0.1, 0.15) is 29.4 Å². The van der Waals surface area contributed by atoms with Gasteiger partial charge < -0.3 is 15.8 Å². The maximum atomic E-state index is 13.9. The molecule has 3 N–H and O–H groups in total. The third-order valence-corrected chi connectivity index (χ3v) is 3.99. The third-order valence-electron chi connectivity index (χ3n) is 3.99. The Kier molecular flexibility index (Phi) is 4.25. The fourth-order valence-corrected chi connectivity index (χ4v) is 2.67. The van der Waals surface area contributed by atoms with Crippen molar-refractivity contribution < 1.29 is 13.5 Å². The van der Waals surface area contributed by atoms with Crippen molar-refractivity contribution in [3.8, 4) is 11.6 Å². The average molecular weight is 364 g/mol. The molecular formula is C20H14F2N4O. The molecule has 4 aromatic rings. The van der Waals surface area contributed by atoms with E-state index in [0.717, 1.165) is 29.0 Å². The highest BCUT2D eigenvalue weighted by atomic mass is 19.1. The van der Waals surface area contributed by atoms with E-state index in [1.165, 1.54) is 6.33 Å². The van der Waals surface area contributed by atoms with Crippen LogP contribution in [0.2, 0.25) is 0 Å². The molecule has 7 heteroatoms. The van der Waals surface area contributed by atoms with Crippen LogP contribution in [-0.2, 0) is 0 Å². The monoisotopic (exact) mass is 364 g/mol. The highest BCUT2D eigenvalue weighted by Gasteiger charge is 2.14. The summed E-state index contributed by atoms with van der Waals surface area (Å²) < 4.78 is 33.1. The van der Waals surface area contributed by atoms with E-state index < -0.39 is 11.6 Å². The van der Waals surface area contributed by atoms with Crippen molar-refractivity contribution in [3.63, 3.8) is 0 Å². The molecule has 3 aromatic carbocycles. The van der Waals surface area contributed by atoms with E-state index in [0.29, 0.717) is 5.75 Å². The zero-order valence-corrected chi connectivity index (χ0v) is 14.0. The second-order valence-electron chi connectivity index (χ2n) is 5.77. The number of nitrogens with zero attached hydrogens (tertiary/aromatic N) is 2. The summed E-state index contributed by atoms with van der Waals surface area (Å²) in [7, 11) is 0. The quantitative estimate of drug-likeness (QED) is 0.532. The van der Waals surface area contributed by atoms with Crippen molar-refractivity contribution in [3.05, 3.63) is 78.6 Å². The van der Waals surface area contributed by atoms with Gasteiger partial charge in [0.15, 0.2) is 5.82 Å². The molecule has 5 nitrogen and oxygen atoms in total. The first-order valence-electron chi connectivity index (χ1n) is 8.10. The maximum absolute atomic E-state index is 13.9. The lowest BCUT2D eigenvalue weighted by atomic mass is 10.1. The Hall–Kier alpha value is -3.74. The van der Waals surface area contributed by atoms with E-state index in [1.807, 2.05) is 36.4 Å². The molecule has 0 aliphatic heterocycles. The van der Waals surface area contributed by atoms with Gasteiger partial charge in [0.05, 0.1) is 5.69 Å². The molecule has 0 atom stereocenters. The van der Waals surface area contributed by atoms with Crippen LogP contribution in [0.1, 0.15) is 0 Å². The molecule has 0 aliphatic rings. The number of rotatable bonds is 4. The van der Waals surface area contributed by atoms with Crippen molar-refractivity contribution in [2.45, 2.75) is 0 Å². The van der Waals surface area contributed by atoms with E-state index in [9.17, 15) is 8.78 Å². The molecule has 0 radical (unpaired) electrons. The van der Waals surface area contributed by atoms with Gasteiger partial charge in [-0.2, -0.15) is 4.98 Å². The van der Waals surface area contributed by atoms with Crippen molar-refractivity contribution in [1.82, 2.24) is 9.97 Å². The lowest BCUT2D eigenvalue weighted by molar-refractivity contribution is 0.470. The average Bonchev–Trinajstić information content (AvgIpc) is 2.68. The summed E-state index contributed by atoms with van der Waals surface area (Å²) in [6.45, 7) is 0. The molecule has 1 aromatic heterocycles. The summed E-state index contributed by atoms with van der Waals surface area (Å²) in [5, 5.41) is 4.57. The largest absolute Gasteiger partial charge is 0.436 e. The molecule has 1 heterocycles.